The summed E-state index contributed by atoms with van der Waals surface area (Å²) in [6, 6.07) is 16.6. The molecule has 0 saturated heterocycles. The zero-order chi connectivity index (χ0) is 18.4. The summed E-state index contributed by atoms with van der Waals surface area (Å²) in [6.07, 6.45) is 2.84. The molecule has 0 aliphatic carbocycles. The van der Waals surface area contributed by atoms with Crippen LogP contribution in [0.1, 0.15) is 26.5 Å². The number of phenols is 1. The number of phenolic OH excluding ortho intramolecular Hbond substituents is 1. The number of aromatic hydroxyl groups is 1. The summed E-state index contributed by atoms with van der Waals surface area (Å²) in [7, 11) is 0. The predicted octanol–water partition coefficient (Wildman–Crippen LogP) is 3.54. The quantitative estimate of drug-likeness (QED) is 0.526. The Labute approximate surface area is 149 Å². The molecule has 0 fully saturated rings. The Hall–Kier alpha value is -3.67. The highest BCUT2D eigenvalue weighted by Gasteiger charge is 2.14. The van der Waals surface area contributed by atoms with E-state index in [0.29, 0.717) is 16.8 Å². The van der Waals surface area contributed by atoms with Crippen molar-refractivity contribution >= 4 is 23.6 Å². The van der Waals surface area contributed by atoms with Crippen molar-refractivity contribution in [2.75, 3.05) is 11.9 Å². The van der Waals surface area contributed by atoms with Crippen molar-refractivity contribution in [1.29, 1.82) is 0 Å². The first-order valence-corrected chi connectivity index (χ1v) is 7.90. The number of Topliss-reactive ketones (excluding diaryl/α,β-unsaturated/α-hetero) is 1. The monoisotopic (exact) mass is 348 g/mol. The number of carbonyl (C=O) groups excluding carboxylic acids is 2. The van der Waals surface area contributed by atoms with Crippen LogP contribution >= 0.6 is 0 Å². The highest BCUT2D eigenvalue weighted by Crippen LogP contribution is 2.18. The van der Waals surface area contributed by atoms with Gasteiger partial charge in [0, 0.05) is 17.3 Å². The van der Waals surface area contributed by atoms with Gasteiger partial charge in [0.2, 0.25) is 0 Å². The second kappa shape index (κ2) is 7.94. The van der Waals surface area contributed by atoms with Crippen molar-refractivity contribution in [1.82, 2.24) is 0 Å². The number of furan rings is 1. The molecule has 1 aromatic heterocycles. The molecule has 2 aromatic carbocycles. The number of hydrogen-bond acceptors (Lipinski definition) is 5. The topological polar surface area (TPSA) is 91.9 Å². The Balaban J connectivity index is 1.72. The van der Waals surface area contributed by atoms with Gasteiger partial charge in [-0.1, -0.05) is 24.3 Å². The maximum absolute atomic E-state index is 12.5. The van der Waals surface area contributed by atoms with E-state index in [-0.39, 0.29) is 23.8 Å². The van der Waals surface area contributed by atoms with Gasteiger partial charge in [-0.2, -0.15) is 0 Å². The number of rotatable bonds is 6. The van der Waals surface area contributed by atoms with Gasteiger partial charge in [-0.3, -0.25) is 14.6 Å². The maximum Gasteiger partial charge on any atom is 0.291 e. The van der Waals surface area contributed by atoms with Gasteiger partial charge in [0.05, 0.1) is 12.0 Å². The van der Waals surface area contributed by atoms with E-state index in [9.17, 15) is 14.7 Å². The van der Waals surface area contributed by atoms with E-state index in [0.717, 1.165) is 0 Å². The first kappa shape index (κ1) is 17.2. The number of nitrogens with one attached hydrogen (secondary N) is 1. The van der Waals surface area contributed by atoms with Crippen molar-refractivity contribution in [2.45, 2.75) is 0 Å². The molecule has 2 N–H and O–H groups in total. The molecule has 1 heterocycles. The number of hydrogen-bond donors (Lipinski definition) is 2. The SMILES string of the molecule is O=C(Nc1ccccc1C(=O)CN=Cc1ccccc1O)c1ccco1. The fraction of sp³-hybridized carbons (Fsp3) is 0.0500. The normalized spacial score (nSPS) is 10.8. The number of ketones is 1. The minimum Gasteiger partial charge on any atom is -0.507 e. The lowest BCUT2D eigenvalue weighted by Crippen LogP contribution is -2.15. The highest BCUT2D eigenvalue weighted by molar-refractivity contribution is 6.09. The molecule has 6 heteroatoms. The van der Waals surface area contributed by atoms with E-state index >= 15 is 0 Å². The lowest BCUT2D eigenvalue weighted by atomic mass is 10.1. The summed E-state index contributed by atoms with van der Waals surface area (Å²) in [5.74, 6) is -0.445. The minimum absolute atomic E-state index is 0.0924. The molecule has 0 saturated carbocycles. The summed E-state index contributed by atoms with van der Waals surface area (Å²) >= 11 is 0. The van der Waals surface area contributed by atoms with Crippen molar-refractivity contribution < 1.29 is 19.1 Å². The van der Waals surface area contributed by atoms with Gasteiger partial charge >= 0.3 is 0 Å². The largest absolute Gasteiger partial charge is 0.507 e. The van der Waals surface area contributed by atoms with Crippen molar-refractivity contribution in [3.05, 3.63) is 83.8 Å². The first-order valence-electron chi connectivity index (χ1n) is 7.90. The van der Waals surface area contributed by atoms with Crippen LogP contribution in [0.5, 0.6) is 5.75 Å². The van der Waals surface area contributed by atoms with Gasteiger partial charge in [-0.15, -0.1) is 0 Å². The van der Waals surface area contributed by atoms with Crippen LogP contribution in [0.25, 0.3) is 0 Å². The number of amides is 1. The van der Waals surface area contributed by atoms with Crippen LogP contribution in [-0.4, -0.2) is 29.6 Å². The number of carbonyl (C=O) groups is 2. The number of para-hydroxylation sites is 2. The third-order valence-electron chi connectivity index (χ3n) is 3.62. The van der Waals surface area contributed by atoms with Gasteiger partial charge in [-0.25, -0.2) is 0 Å². The van der Waals surface area contributed by atoms with E-state index in [1.807, 2.05) is 0 Å². The molecular formula is C20H16N2O4. The van der Waals surface area contributed by atoms with Gasteiger partial charge < -0.3 is 14.8 Å². The summed E-state index contributed by atoms with van der Waals surface area (Å²) in [4.78, 5) is 28.7. The molecular weight excluding hydrogens is 332 g/mol. The first-order chi connectivity index (χ1) is 12.6. The van der Waals surface area contributed by atoms with Crippen molar-refractivity contribution in [3.63, 3.8) is 0 Å². The average Bonchev–Trinajstić information content (AvgIpc) is 3.18. The number of benzene rings is 2. The van der Waals surface area contributed by atoms with Crippen LogP contribution in [0.3, 0.4) is 0 Å². The number of anilines is 1. The fourth-order valence-corrected chi connectivity index (χ4v) is 2.34. The molecule has 3 aromatic rings. The van der Waals surface area contributed by atoms with Crippen LogP contribution in [0.4, 0.5) is 5.69 Å². The Morgan fingerprint density at radius 2 is 1.81 bits per heavy atom. The molecule has 0 unspecified atom stereocenters. The van der Waals surface area contributed by atoms with E-state index < -0.39 is 5.91 Å². The summed E-state index contributed by atoms with van der Waals surface area (Å²) in [5, 5.41) is 12.4. The molecule has 0 bridgehead atoms. The second-order valence-corrected chi connectivity index (χ2v) is 5.43. The lowest BCUT2D eigenvalue weighted by Gasteiger charge is -2.08. The standard InChI is InChI=1S/C20H16N2O4/c23-17-9-4-1-6-14(17)12-21-13-18(24)15-7-2-3-8-16(15)22-20(25)19-10-5-11-26-19/h1-12,23H,13H2,(H,22,25). The van der Waals surface area contributed by atoms with Gasteiger partial charge in [0.15, 0.2) is 11.5 Å². The van der Waals surface area contributed by atoms with Crippen LogP contribution in [0.2, 0.25) is 0 Å². The summed E-state index contributed by atoms with van der Waals surface area (Å²) < 4.78 is 5.05. The van der Waals surface area contributed by atoms with Crippen LogP contribution in [0, 0.1) is 0 Å². The Morgan fingerprint density at radius 3 is 2.58 bits per heavy atom. The zero-order valence-corrected chi connectivity index (χ0v) is 13.8. The lowest BCUT2D eigenvalue weighted by molar-refractivity contribution is 0.0996. The molecule has 130 valence electrons. The van der Waals surface area contributed by atoms with E-state index in [1.54, 1.807) is 54.6 Å². The maximum atomic E-state index is 12.5. The average molecular weight is 348 g/mol. The predicted molar refractivity (Wildman–Crippen MR) is 98.0 cm³/mol. The van der Waals surface area contributed by atoms with Crippen molar-refractivity contribution in [3.8, 4) is 5.75 Å². The molecule has 0 spiro atoms. The summed E-state index contributed by atoms with van der Waals surface area (Å²) in [6.45, 7) is -0.109. The second-order valence-electron chi connectivity index (χ2n) is 5.43. The molecule has 1 amide bonds. The van der Waals surface area contributed by atoms with E-state index in [2.05, 4.69) is 10.3 Å². The van der Waals surface area contributed by atoms with E-state index in [1.165, 1.54) is 18.5 Å². The molecule has 0 atom stereocenters. The molecule has 26 heavy (non-hydrogen) atoms. The molecule has 0 radical (unpaired) electrons. The summed E-state index contributed by atoms with van der Waals surface area (Å²) in [5.41, 5.74) is 1.26. The van der Waals surface area contributed by atoms with Gasteiger partial charge in [-0.05, 0) is 36.4 Å². The molecule has 6 nitrogen and oxygen atoms in total. The third-order valence-corrected chi connectivity index (χ3v) is 3.62. The Bertz CT molecular complexity index is 946. The Morgan fingerprint density at radius 1 is 1.04 bits per heavy atom. The minimum atomic E-state index is -0.437. The Kier molecular flexibility index (Phi) is 5.24. The van der Waals surface area contributed by atoms with Gasteiger partial charge in [0.1, 0.15) is 12.3 Å². The smallest absolute Gasteiger partial charge is 0.291 e. The number of nitrogens with zero attached hydrogens (tertiary/aromatic N) is 1. The van der Waals surface area contributed by atoms with Crippen molar-refractivity contribution in [2.24, 2.45) is 4.99 Å². The fourth-order valence-electron chi connectivity index (χ4n) is 2.34. The van der Waals surface area contributed by atoms with E-state index in [4.69, 9.17) is 4.42 Å². The molecule has 0 aliphatic heterocycles. The molecule has 0 aliphatic rings. The van der Waals surface area contributed by atoms with Gasteiger partial charge in [0.25, 0.3) is 5.91 Å². The number of aliphatic imine (C=N–C) groups is 1. The van der Waals surface area contributed by atoms with Crippen LogP contribution in [0.15, 0.2) is 76.3 Å². The third kappa shape index (κ3) is 4.05. The van der Waals surface area contributed by atoms with Crippen LogP contribution < -0.4 is 5.32 Å². The highest BCUT2D eigenvalue weighted by atomic mass is 16.3. The molecule has 3 rings (SSSR count). The van der Waals surface area contributed by atoms with Crippen LogP contribution in [-0.2, 0) is 0 Å². The zero-order valence-electron chi connectivity index (χ0n) is 13.8.